The summed E-state index contributed by atoms with van der Waals surface area (Å²) in [6.07, 6.45) is 7.18. The topological polar surface area (TPSA) is 38.0 Å². The Balaban J connectivity index is 1.93. The van der Waals surface area contributed by atoms with E-state index in [2.05, 4.69) is 22.3 Å². The summed E-state index contributed by atoms with van der Waals surface area (Å²) in [5.74, 6) is 0. The minimum Gasteiger partial charge on any atom is -0.386 e. The van der Waals surface area contributed by atoms with E-state index in [-0.39, 0.29) is 0 Å². The van der Waals surface area contributed by atoms with Crippen LogP contribution in [-0.4, -0.2) is 14.9 Å². The molecule has 2 aromatic heterocycles. The number of aliphatic hydroxyl groups is 1. The largest absolute Gasteiger partial charge is 0.386 e. The van der Waals surface area contributed by atoms with E-state index in [1.165, 1.54) is 25.7 Å². The van der Waals surface area contributed by atoms with Gasteiger partial charge in [0.15, 0.2) is 0 Å². The van der Waals surface area contributed by atoms with Gasteiger partial charge in [-0.25, -0.2) is 0 Å². The maximum atomic E-state index is 10.2. The Kier molecular flexibility index (Phi) is 3.23. The molecule has 0 bridgehead atoms. The molecule has 2 aromatic rings. The summed E-state index contributed by atoms with van der Waals surface area (Å²) in [7, 11) is 0. The summed E-state index contributed by atoms with van der Waals surface area (Å²) in [5, 5.41) is 19.0. The lowest BCUT2D eigenvalue weighted by Gasteiger charge is -2.17. The summed E-state index contributed by atoms with van der Waals surface area (Å²) in [5.41, 5.74) is 2.20. The van der Waals surface area contributed by atoms with Crippen molar-refractivity contribution in [1.29, 1.82) is 0 Å². The predicted octanol–water partition coefficient (Wildman–Crippen LogP) is 3.95. The van der Waals surface area contributed by atoms with Crippen molar-refractivity contribution in [2.24, 2.45) is 0 Å². The first-order valence-corrected chi connectivity index (χ1v) is 7.84. The SMILES string of the molecule is CC(C)(O)c1cscc1-c1ccn(C2CCCC2)n1. The van der Waals surface area contributed by atoms with Crippen molar-refractivity contribution in [2.45, 2.75) is 51.2 Å². The van der Waals surface area contributed by atoms with Gasteiger partial charge in [-0.1, -0.05) is 12.8 Å². The van der Waals surface area contributed by atoms with Gasteiger partial charge in [-0.3, -0.25) is 4.68 Å². The molecule has 1 aliphatic carbocycles. The van der Waals surface area contributed by atoms with Gasteiger partial charge >= 0.3 is 0 Å². The zero-order chi connectivity index (χ0) is 13.5. The highest BCUT2D eigenvalue weighted by atomic mass is 32.1. The van der Waals surface area contributed by atoms with Crippen LogP contribution in [0.1, 0.15) is 51.1 Å². The lowest BCUT2D eigenvalue weighted by molar-refractivity contribution is 0.0796. The molecule has 102 valence electrons. The van der Waals surface area contributed by atoms with E-state index < -0.39 is 5.60 Å². The van der Waals surface area contributed by atoms with Gasteiger partial charge in [0.25, 0.3) is 0 Å². The fraction of sp³-hybridized carbons (Fsp3) is 0.533. The first-order valence-electron chi connectivity index (χ1n) is 6.90. The number of rotatable bonds is 3. The van der Waals surface area contributed by atoms with Gasteiger partial charge in [-0.2, -0.15) is 16.4 Å². The second kappa shape index (κ2) is 4.76. The molecule has 0 aromatic carbocycles. The molecule has 1 saturated carbocycles. The Morgan fingerprint density at radius 1 is 1.32 bits per heavy atom. The highest BCUT2D eigenvalue weighted by Gasteiger charge is 2.24. The minimum absolute atomic E-state index is 0.568. The summed E-state index contributed by atoms with van der Waals surface area (Å²) in [6, 6.07) is 2.63. The number of hydrogen-bond acceptors (Lipinski definition) is 3. The highest BCUT2D eigenvalue weighted by molar-refractivity contribution is 7.08. The van der Waals surface area contributed by atoms with Gasteiger partial charge in [-0.15, -0.1) is 0 Å². The average molecular weight is 276 g/mol. The maximum absolute atomic E-state index is 10.2. The molecule has 19 heavy (non-hydrogen) atoms. The standard InChI is InChI=1S/C15H20N2OS/c1-15(2,18)13-10-19-9-12(13)14-7-8-17(16-14)11-5-3-4-6-11/h7-11,18H,3-6H2,1-2H3. The Bertz CT molecular complexity index is 559. The van der Waals surface area contributed by atoms with Gasteiger partial charge < -0.3 is 5.11 Å². The molecule has 0 atom stereocenters. The van der Waals surface area contributed by atoms with Crippen LogP contribution in [0.2, 0.25) is 0 Å². The Labute approximate surface area is 117 Å². The summed E-state index contributed by atoms with van der Waals surface area (Å²) < 4.78 is 2.11. The molecule has 1 fully saturated rings. The van der Waals surface area contributed by atoms with Crippen LogP contribution in [0, 0.1) is 0 Å². The van der Waals surface area contributed by atoms with E-state index >= 15 is 0 Å². The monoisotopic (exact) mass is 276 g/mol. The van der Waals surface area contributed by atoms with Crippen molar-refractivity contribution in [2.75, 3.05) is 0 Å². The number of nitrogens with zero attached hydrogens (tertiary/aromatic N) is 2. The van der Waals surface area contributed by atoms with Gasteiger partial charge in [0, 0.05) is 22.7 Å². The van der Waals surface area contributed by atoms with Gasteiger partial charge in [0.1, 0.15) is 0 Å². The Morgan fingerprint density at radius 2 is 2.05 bits per heavy atom. The Morgan fingerprint density at radius 3 is 2.74 bits per heavy atom. The van der Waals surface area contributed by atoms with Crippen LogP contribution < -0.4 is 0 Å². The van der Waals surface area contributed by atoms with Crippen molar-refractivity contribution in [3.63, 3.8) is 0 Å². The molecule has 1 N–H and O–H groups in total. The molecule has 2 heterocycles. The summed E-state index contributed by atoms with van der Waals surface area (Å²) in [4.78, 5) is 0. The number of hydrogen-bond donors (Lipinski definition) is 1. The van der Waals surface area contributed by atoms with Crippen LogP contribution in [0.3, 0.4) is 0 Å². The molecule has 0 spiro atoms. The summed E-state index contributed by atoms with van der Waals surface area (Å²) >= 11 is 1.62. The van der Waals surface area contributed by atoms with Crippen molar-refractivity contribution in [1.82, 2.24) is 9.78 Å². The number of aromatic nitrogens is 2. The van der Waals surface area contributed by atoms with Crippen LogP contribution >= 0.6 is 11.3 Å². The predicted molar refractivity (Wildman–Crippen MR) is 78.3 cm³/mol. The van der Waals surface area contributed by atoms with Crippen LogP contribution in [0.4, 0.5) is 0 Å². The van der Waals surface area contributed by atoms with Crippen LogP contribution in [-0.2, 0) is 5.60 Å². The number of thiophene rings is 1. The van der Waals surface area contributed by atoms with E-state index in [1.807, 2.05) is 19.2 Å². The highest BCUT2D eigenvalue weighted by Crippen LogP contribution is 2.35. The van der Waals surface area contributed by atoms with Crippen molar-refractivity contribution in [3.05, 3.63) is 28.6 Å². The first kappa shape index (κ1) is 12.9. The third-order valence-corrected chi connectivity index (χ3v) is 4.65. The lowest BCUT2D eigenvalue weighted by atomic mass is 9.96. The fourth-order valence-corrected chi connectivity index (χ4v) is 3.83. The molecule has 0 aliphatic heterocycles. The lowest BCUT2D eigenvalue weighted by Crippen LogP contribution is -2.15. The zero-order valence-electron chi connectivity index (χ0n) is 11.5. The van der Waals surface area contributed by atoms with Gasteiger partial charge in [-0.05, 0) is 38.1 Å². The maximum Gasteiger partial charge on any atom is 0.0935 e. The van der Waals surface area contributed by atoms with Crippen molar-refractivity contribution >= 4 is 11.3 Å². The van der Waals surface area contributed by atoms with Gasteiger partial charge in [0.05, 0.1) is 17.3 Å². The first-order chi connectivity index (χ1) is 9.05. The van der Waals surface area contributed by atoms with Crippen LogP contribution in [0.5, 0.6) is 0 Å². The molecule has 3 nitrogen and oxygen atoms in total. The van der Waals surface area contributed by atoms with Crippen molar-refractivity contribution < 1.29 is 5.11 Å². The van der Waals surface area contributed by atoms with Crippen LogP contribution in [0.15, 0.2) is 23.0 Å². The normalized spacial score (nSPS) is 17.2. The van der Waals surface area contributed by atoms with Gasteiger partial charge in [0.2, 0.25) is 0 Å². The van der Waals surface area contributed by atoms with Crippen LogP contribution in [0.25, 0.3) is 11.3 Å². The fourth-order valence-electron chi connectivity index (χ4n) is 2.82. The van der Waals surface area contributed by atoms with E-state index in [4.69, 9.17) is 5.10 Å². The molecule has 3 rings (SSSR count). The molecular weight excluding hydrogens is 256 g/mol. The third kappa shape index (κ3) is 2.47. The minimum atomic E-state index is -0.813. The second-order valence-corrected chi connectivity index (χ2v) is 6.62. The Hall–Kier alpha value is -1.13. The van der Waals surface area contributed by atoms with Crippen molar-refractivity contribution in [3.8, 4) is 11.3 Å². The smallest absolute Gasteiger partial charge is 0.0935 e. The third-order valence-electron chi connectivity index (χ3n) is 3.90. The second-order valence-electron chi connectivity index (χ2n) is 5.88. The molecule has 1 aliphatic rings. The molecular formula is C15H20N2OS. The van der Waals surface area contributed by atoms with E-state index in [1.54, 1.807) is 11.3 Å². The van der Waals surface area contributed by atoms with E-state index in [0.717, 1.165) is 16.8 Å². The quantitative estimate of drug-likeness (QED) is 0.921. The molecule has 0 saturated heterocycles. The molecule has 0 unspecified atom stereocenters. The van der Waals surface area contributed by atoms with E-state index in [9.17, 15) is 5.11 Å². The molecule has 0 radical (unpaired) electrons. The molecule has 4 heteroatoms. The van der Waals surface area contributed by atoms with E-state index in [0.29, 0.717) is 6.04 Å². The average Bonchev–Trinajstić information content (AvgIpc) is 3.09. The zero-order valence-corrected chi connectivity index (χ0v) is 12.3. The molecule has 0 amide bonds. The summed E-state index contributed by atoms with van der Waals surface area (Å²) in [6.45, 7) is 3.65.